The zero-order valence-corrected chi connectivity index (χ0v) is 15.6. The van der Waals surface area contributed by atoms with Crippen molar-refractivity contribution in [2.75, 3.05) is 14.2 Å². The van der Waals surface area contributed by atoms with Gasteiger partial charge in [0.05, 0.1) is 31.6 Å². The maximum absolute atomic E-state index is 11.2. The minimum absolute atomic E-state index is 0.529. The third kappa shape index (κ3) is 3.79. The first-order valence-corrected chi connectivity index (χ1v) is 8.44. The van der Waals surface area contributed by atoms with E-state index < -0.39 is 12.0 Å². The fourth-order valence-corrected chi connectivity index (χ4v) is 2.78. The summed E-state index contributed by atoms with van der Waals surface area (Å²) in [4.78, 5) is 15.5. The summed E-state index contributed by atoms with van der Waals surface area (Å²) in [6.45, 7) is 3.44. The maximum Gasteiger partial charge on any atom is 0.161 e. The molecule has 6 heteroatoms. The van der Waals surface area contributed by atoms with Gasteiger partial charge in [0.15, 0.2) is 11.5 Å². The topological polar surface area (TPSA) is 84.1 Å². The number of carboxylic acid groups (broad SMARTS) is 1. The minimum atomic E-state index is -1.23. The predicted molar refractivity (Wildman–Crippen MR) is 99.5 cm³/mol. The monoisotopic (exact) mass is 366 g/mol. The number of ether oxygens (including phenoxy) is 2. The number of carbonyl (C=O) groups excluding carboxylic acids is 1. The van der Waals surface area contributed by atoms with Gasteiger partial charge in [-0.15, -0.1) is 0 Å². The number of hydrogen-bond donors (Lipinski definition) is 0. The van der Waals surface area contributed by atoms with Gasteiger partial charge in [0.1, 0.15) is 11.3 Å². The number of aliphatic carboxylic acids is 1. The lowest BCUT2D eigenvalue weighted by molar-refractivity contribution is -0.306. The molecule has 3 aromatic rings. The van der Waals surface area contributed by atoms with Gasteiger partial charge in [-0.1, -0.05) is 11.6 Å². The maximum atomic E-state index is 11.2. The van der Waals surface area contributed by atoms with Crippen molar-refractivity contribution in [3.63, 3.8) is 0 Å². The largest absolute Gasteiger partial charge is 0.548 e. The van der Waals surface area contributed by atoms with Gasteiger partial charge in [-0.2, -0.15) is 0 Å². The smallest absolute Gasteiger partial charge is 0.161 e. The molecule has 0 fully saturated rings. The van der Waals surface area contributed by atoms with Crippen LogP contribution in [0.3, 0.4) is 0 Å². The van der Waals surface area contributed by atoms with E-state index in [1.54, 1.807) is 32.4 Å². The molecule has 27 heavy (non-hydrogen) atoms. The molecule has 3 rings (SSSR count). The lowest BCUT2D eigenvalue weighted by Crippen LogP contribution is -2.33. The molecule has 6 nitrogen and oxygen atoms in total. The summed E-state index contributed by atoms with van der Waals surface area (Å²) in [7, 11) is 3.13. The van der Waals surface area contributed by atoms with Crippen LogP contribution in [-0.2, 0) is 4.79 Å². The van der Waals surface area contributed by atoms with Crippen LogP contribution in [0, 0.1) is 6.92 Å². The van der Waals surface area contributed by atoms with Crippen LogP contribution >= 0.6 is 0 Å². The van der Waals surface area contributed by atoms with E-state index in [0.29, 0.717) is 28.2 Å². The van der Waals surface area contributed by atoms with Crippen LogP contribution in [0.1, 0.15) is 12.5 Å². The molecule has 2 aromatic carbocycles. The average Bonchev–Trinajstić information content (AvgIpc) is 2.67. The quantitative estimate of drug-likeness (QED) is 0.693. The molecule has 0 N–H and O–H groups in total. The fourth-order valence-electron chi connectivity index (χ4n) is 2.78. The molecule has 0 unspecified atom stereocenters. The van der Waals surface area contributed by atoms with Gasteiger partial charge in [0, 0.05) is 17.0 Å². The van der Waals surface area contributed by atoms with Gasteiger partial charge in [-0.05, 0) is 44.2 Å². The van der Waals surface area contributed by atoms with Gasteiger partial charge in [-0.25, -0.2) is 0 Å². The molecule has 0 saturated carbocycles. The number of methoxy groups -OCH3 is 2. The molecule has 1 aromatic heterocycles. The summed E-state index contributed by atoms with van der Waals surface area (Å²) < 4.78 is 16.7. The van der Waals surface area contributed by atoms with E-state index in [9.17, 15) is 9.90 Å². The van der Waals surface area contributed by atoms with Crippen LogP contribution in [0.15, 0.2) is 51.9 Å². The van der Waals surface area contributed by atoms with Crippen molar-refractivity contribution in [1.82, 2.24) is 0 Å². The van der Waals surface area contributed by atoms with Crippen LogP contribution in [-0.4, -0.2) is 26.2 Å². The standard InChI is InChI=1S/C21H21NO5/c1-12-5-7-17-15(9-12)16(22-13(2)21(23)24)11-19(27-17)14-6-8-18(25-3)20(10-14)26-4/h5-11,13H,1-4H3,(H,23,24)/p-1/t13-/m0/s1. The third-order valence-corrected chi connectivity index (χ3v) is 4.24. The van der Waals surface area contributed by atoms with E-state index in [-0.39, 0.29) is 0 Å². The highest BCUT2D eigenvalue weighted by Crippen LogP contribution is 2.32. The third-order valence-electron chi connectivity index (χ3n) is 4.24. The van der Waals surface area contributed by atoms with Gasteiger partial charge in [0.25, 0.3) is 0 Å². The van der Waals surface area contributed by atoms with Crippen LogP contribution in [0.2, 0.25) is 0 Å². The lowest BCUT2D eigenvalue weighted by atomic mass is 10.1. The number of fused-ring (bicyclic) bond motifs is 1. The van der Waals surface area contributed by atoms with Crippen molar-refractivity contribution >= 4 is 16.9 Å². The first-order chi connectivity index (χ1) is 12.9. The summed E-state index contributed by atoms with van der Waals surface area (Å²) >= 11 is 0. The van der Waals surface area contributed by atoms with Crippen molar-refractivity contribution in [2.45, 2.75) is 19.9 Å². The Morgan fingerprint density at radius 1 is 1.07 bits per heavy atom. The van der Waals surface area contributed by atoms with E-state index in [4.69, 9.17) is 13.9 Å². The number of carboxylic acids is 1. The lowest BCUT2D eigenvalue weighted by Gasteiger charge is -2.11. The van der Waals surface area contributed by atoms with E-state index in [0.717, 1.165) is 16.5 Å². The molecule has 1 heterocycles. The van der Waals surface area contributed by atoms with Gasteiger partial charge in [0.2, 0.25) is 0 Å². The molecule has 0 saturated heterocycles. The van der Waals surface area contributed by atoms with Crippen LogP contribution in [0.4, 0.5) is 0 Å². The molecule has 0 spiro atoms. The molecular formula is C21H20NO5-. The second-order valence-corrected chi connectivity index (χ2v) is 6.19. The molecule has 1 atom stereocenters. The molecule has 0 bridgehead atoms. The van der Waals surface area contributed by atoms with E-state index in [2.05, 4.69) is 4.99 Å². The Morgan fingerprint density at radius 2 is 1.81 bits per heavy atom. The van der Waals surface area contributed by atoms with Crippen molar-refractivity contribution in [1.29, 1.82) is 0 Å². The normalized spacial score (nSPS) is 12.8. The van der Waals surface area contributed by atoms with E-state index >= 15 is 0 Å². The van der Waals surface area contributed by atoms with Crippen molar-refractivity contribution in [3.8, 4) is 22.8 Å². The SMILES string of the molecule is COc1ccc(-c2cc(=N[C@@H](C)C(=O)[O-])c3cc(C)ccc3o2)cc1OC. The Morgan fingerprint density at radius 3 is 2.48 bits per heavy atom. The number of aryl methyl sites for hydroxylation is 1. The van der Waals surface area contributed by atoms with Crippen molar-refractivity contribution in [3.05, 3.63) is 53.4 Å². The van der Waals surface area contributed by atoms with Gasteiger partial charge < -0.3 is 23.8 Å². The van der Waals surface area contributed by atoms with Gasteiger partial charge in [-0.3, -0.25) is 4.99 Å². The molecule has 140 valence electrons. The Balaban J connectivity index is 2.26. The van der Waals surface area contributed by atoms with Crippen molar-refractivity contribution < 1.29 is 23.8 Å². The predicted octanol–water partition coefficient (Wildman–Crippen LogP) is 2.46. The summed E-state index contributed by atoms with van der Waals surface area (Å²) in [5.74, 6) is 0.477. The summed E-state index contributed by atoms with van der Waals surface area (Å²) in [5.41, 5.74) is 2.39. The summed E-state index contributed by atoms with van der Waals surface area (Å²) in [5, 5.41) is 12.4. The number of hydrogen-bond acceptors (Lipinski definition) is 6. The van der Waals surface area contributed by atoms with Crippen LogP contribution in [0.5, 0.6) is 11.5 Å². The Kier molecular flexibility index (Phi) is 5.16. The number of benzene rings is 2. The summed E-state index contributed by atoms with van der Waals surface area (Å²) in [6.07, 6.45) is 0. The number of rotatable bonds is 5. The molecule has 0 aliphatic carbocycles. The van der Waals surface area contributed by atoms with Crippen molar-refractivity contribution in [2.24, 2.45) is 4.99 Å². The first-order valence-electron chi connectivity index (χ1n) is 8.44. The molecule has 0 aliphatic heterocycles. The van der Waals surface area contributed by atoms with E-state index in [1.807, 2.05) is 31.2 Å². The fraction of sp³-hybridized carbons (Fsp3) is 0.238. The summed E-state index contributed by atoms with van der Waals surface area (Å²) in [6, 6.07) is 11.8. The number of carbonyl (C=O) groups is 1. The second kappa shape index (κ2) is 7.53. The van der Waals surface area contributed by atoms with E-state index in [1.165, 1.54) is 6.92 Å². The Bertz CT molecular complexity index is 1070. The van der Waals surface area contributed by atoms with Crippen LogP contribution in [0.25, 0.3) is 22.3 Å². The Labute approximate surface area is 156 Å². The Hall–Kier alpha value is -3.28. The zero-order valence-electron chi connectivity index (χ0n) is 15.6. The first kappa shape index (κ1) is 18.5. The average molecular weight is 366 g/mol. The highest BCUT2D eigenvalue weighted by atomic mass is 16.5. The minimum Gasteiger partial charge on any atom is -0.548 e. The molecule has 0 amide bonds. The highest BCUT2D eigenvalue weighted by Gasteiger charge is 2.11. The van der Waals surface area contributed by atoms with Gasteiger partial charge >= 0.3 is 0 Å². The molecule has 0 aliphatic rings. The zero-order chi connectivity index (χ0) is 19.6. The second-order valence-electron chi connectivity index (χ2n) is 6.19. The van der Waals surface area contributed by atoms with Crippen LogP contribution < -0.4 is 19.9 Å². The highest BCUT2D eigenvalue weighted by molar-refractivity contribution is 5.80. The molecular weight excluding hydrogens is 346 g/mol. The number of nitrogens with zero attached hydrogens (tertiary/aromatic N) is 1. The molecule has 0 radical (unpaired) electrons.